The molecule has 2 atom stereocenters. The zero-order chi connectivity index (χ0) is 37.8. The summed E-state index contributed by atoms with van der Waals surface area (Å²) in [6.45, 7) is 0. The number of halogens is 4. The zero-order valence-corrected chi connectivity index (χ0v) is 36.2. The summed E-state index contributed by atoms with van der Waals surface area (Å²) in [6, 6.07) is 61.7. The fourth-order valence-electron chi connectivity index (χ4n) is 6.55. The molecule has 0 aliphatic heterocycles. The standard InChI is InChI=1S/C44H40N2P2.CH2Cl2.2ClH.Ru/c1-5-21-37(22-6-1)47(38-23-7-2-8-24-38)43-31-17-13-19-35(43)33-45-41-29-15-16-30-42(41)46-34-36-20-14-18-32-44(36)48(39-25-9-3-10-26-39)40-27-11-4-12-28-40;2-1-3;;;/h1-14,17-28,31-34,41-42H,15-16,29-30H2;1H2;2*1H;/q;;;;+2/p-2/t41-,42-;;;;/m0..../s1. The van der Waals surface area contributed by atoms with Crippen molar-refractivity contribution in [2.24, 2.45) is 9.98 Å². The molecule has 278 valence electrons. The predicted octanol–water partition coefficient (Wildman–Crippen LogP) is 10.9. The Morgan fingerprint density at radius 2 is 0.722 bits per heavy atom. The molecular weight excluding hydrogens is 873 g/mol. The van der Waals surface area contributed by atoms with Gasteiger partial charge in [-0.15, -0.1) is 23.2 Å². The SMILES string of the molecule is C(=N[C@H]1CCCC[C@@H]1N=Cc1ccccc1P(c1ccccc1)c1ccccc1)c1ccccc1P(c1ccccc1)c1ccccc1.ClCCl.[Cl][Ru][Cl]. The van der Waals surface area contributed by atoms with E-state index in [-0.39, 0.29) is 32.6 Å². The molecule has 2 nitrogen and oxygen atoms in total. The van der Waals surface area contributed by atoms with Gasteiger partial charge in [-0.1, -0.05) is 183 Å². The van der Waals surface area contributed by atoms with Crippen molar-refractivity contribution < 1.29 is 15.1 Å². The normalized spacial score (nSPS) is 15.5. The Morgan fingerprint density at radius 3 is 1.02 bits per heavy atom. The first-order valence-corrected chi connectivity index (χ1v) is 25.9. The molecule has 9 heteroatoms. The molecule has 7 rings (SSSR count). The van der Waals surface area contributed by atoms with Crippen molar-refractivity contribution >= 4 is 103 Å². The Kier molecular flexibility index (Phi) is 18.9. The monoisotopic (exact) mass is 914 g/mol. The molecule has 0 amide bonds. The third kappa shape index (κ3) is 12.4. The number of hydrogen-bond acceptors (Lipinski definition) is 2. The summed E-state index contributed by atoms with van der Waals surface area (Å²) >= 11 is 9.18. The Bertz CT molecular complexity index is 1780. The van der Waals surface area contributed by atoms with Crippen LogP contribution in [0, 0.1) is 0 Å². The molecule has 6 aromatic rings. The van der Waals surface area contributed by atoms with Crippen LogP contribution in [0.2, 0.25) is 0 Å². The molecule has 0 spiro atoms. The van der Waals surface area contributed by atoms with Crippen LogP contribution in [0.25, 0.3) is 0 Å². The van der Waals surface area contributed by atoms with Gasteiger partial charge in [0.1, 0.15) is 0 Å². The third-order valence-corrected chi connectivity index (χ3v) is 14.0. The van der Waals surface area contributed by atoms with Crippen molar-refractivity contribution in [1.82, 2.24) is 0 Å². The third-order valence-electron chi connectivity index (χ3n) is 8.92. The molecule has 54 heavy (non-hydrogen) atoms. The van der Waals surface area contributed by atoms with Crippen LogP contribution in [-0.2, 0) is 15.1 Å². The van der Waals surface area contributed by atoms with Gasteiger partial charge in [-0.25, -0.2) is 0 Å². The van der Waals surface area contributed by atoms with Gasteiger partial charge in [-0.2, -0.15) is 0 Å². The number of hydrogen-bond donors (Lipinski definition) is 0. The van der Waals surface area contributed by atoms with Crippen molar-refractivity contribution in [3.63, 3.8) is 0 Å². The number of aliphatic imine (C=N–C) groups is 2. The second-order valence-electron chi connectivity index (χ2n) is 12.3. The van der Waals surface area contributed by atoms with E-state index >= 15 is 0 Å². The Morgan fingerprint density at radius 1 is 0.463 bits per heavy atom. The number of alkyl halides is 2. The van der Waals surface area contributed by atoms with E-state index < -0.39 is 15.8 Å². The van der Waals surface area contributed by atoms with Crippen molar-refractivity contribution in [3.05, 3.63) is 181 Å². The van der Waals surface area contributed by atoms with Crippen LogP contribution in [0.3, 0.4) is 0 Å². The van der Waals surface area contributed by atoms with E-state index in [9.17, 15) is 0 Å². The molecule has 0 heterocycles. The fraction of sp³-hybridized carbons (Fsp3) is 0.156. The van der Waals surface area contributed by atoms with Crippen LogP contribution >= 0.6 is 58.4 Å². The molecule has 0 unspecified atom stereocenters. The van der Waals surface area contributed by atoms with Crippen LogP contribution in [0.1, 0.15) is 36.8 Å². The van der Waals surface area contributed by atoms with Gasteiger partial charge >= 0.3 is 34.5 Å². The summed E-state index contributed by atoms with van der Waals surface area (Å²) in [4.78, 5) is 10.6. The average Bonchev–Trinajstić information content (AvgIpc) is 3.23. The summed E-state index contributed by atoms with van der Waals surface area (Å²) in [5.41, 5.74) is 2.40. The van der Waals surface area contributed by atoms with Gasteiger partial charge in [0.05, 0.1) is 17.4 Å². The molecule has 6 aromatic carbocycles. The van der Waals surface area contributed by atoms with Gasteiger partial charge in [0, 0.05) is 23.6 Å². The second kappa shape index (κ2) is 24.1. The molecule has 1 saturated carbocycles. The molecule has 0 radical (unpaired) electrons. The zero-order valence-electron chi connectivity index (χ0n) is 29.7. The molecule has 1 aliphatic rings. The van der Waals surface area contributed by atoms with E-state index in [0.717, 1.165) is 12.8 Å². The summed E-state index contributed by atoms with van der Waals surface area (Å²) in [5, 5.41) is 8.28. The Hall–Kier alpha value is -2.70. The maximum absolute atomic E-state index is 5.31. The van der Waals surface area contributed by atoms with Gasteiger partial charge in [0.15, 0.2) is 0 Å². The van der Waals surface area contributed by atoms with Gasteiger partial charge < -0.3 is 0 Å². The molecule has 0 N–H and O–H groups in total. The molecular formula is C45H42Cl4N2P2Ru. The van der Waals surface area contributed by atoms with E-state index in [1.807, 2.05) is 0 Å². The fourth-order valence-corrected chi connectivity index (χ4v) is 11.4. The summed E-state index contributed by atoms with van der Waals surface area (Å²) in [7, 11) is 8.28. The minimum absolute atomic E-state index is 0.166. The van der Waals surface area contributed by atoms with Gasteiger partial charge in [0.2, 0.25) is 0 Å². The van der Waals surface area contributed by atoms with Crippen molar-refractivity contribution in [2.45, 2.75) is 37.8 Å². The first kappa shape index (κ1) is 42.4. The van der Waals surface area contributed by atoms with Crippen LogP contribution in [-0.4, -0.2) is 29.9 Å². The molecule has 1 fully saturated rings. The summed E-state index contributed by atoms with van der Waals surface area (Å²) in [5.74, 6) is 0. The van der Waals surface area contributed by atoms with E-state index in [1.165, 1.54) is 55.8 Å². The van der Waals surface area contributed by atoms with Crippen molar-refractivity contribution in [1.29, 1.82) is 0 Å². The van der Waals surface area contributed by atoms with E-state index in [0.29, 0.717) is 0 Å². The minimum atomic E-state index is -0.712. The number of benzene rings is 6. The summed E-state index contributed by atoms with van der Waals surface area (Å²) in [6.07, 6.45) is 8.81. The first-order valence-electron chi connectivity index (χ1n) is 17.7. The van der Waals surface area contributed by atoms with Crippen LogP contribution < -0.4 is 31.8 Å². The topological polar surface area (TPSA) is 24.7 Å². The van der Waals surface area contributed by atoms with E-state index in [4.69, 9.17) is 52.6 Å². The van der Waals surface area contributed by atoms with Crippen LogP contribution in [0.4, 0.5) is 0 Å². The van der Waals surface area contributed by atoms with Gasteiger partial charge in [-0.05, 0) is 60.5 Å². The van der Waals surface area contributed by atoms with Crippen molar-refractivity contribution in [2.75, 3.05) is 5.34 Å². The maximum atomic E-state index is 5.31. The molecule has 0 saturated heterocycles. The van der Waals surface area contributed by atoms with E-state index in [1.54, 1.807) is 0 Å². The quantitative estimate of drug-likeness (QED) is 0.0566. The predicted molar refractivity (Wildman–Crippen MR) is 240 cm³/mol. The second-order valence-corrected chi connectivity index (χ2v) is 20.1. The summed E-state index contributed by atoms with van der Waals surface area (Å²) < 4.78 is 0. The van der Waals surface area contributed by atoms with E-state index in [2.05, 4.69) is 182 Å². The van der Waals surface area contributed by atoms with Gasteiger partial charge in [0.25, 0.3) is 0 Å². The average molecular weight is 916 g/mol. The van der Waals surface area contributed by atoms with Crippen molar-refractivity contribution in [3.8, 4) is 0 Å². The first-order chi connectivity index (χ1) is 26.7. The number of rotatable bonds is 10. The Labute approximate surface area is 349 Å². The van der Waals surface area contributed by atoms with Crippen LogP contribution in [0.15, 0.2) is 180 Å². The van der Waals surface area contributed by atoms with Crippen LogP contribution in [0.5, 0.6) is 0 Å². The Balaban J connectivity index is 0.000000878. The number of nitrogens with zero attached hydrogens (tertiary/aromatic N) is 2. The molecule has 1 aliphatic carbocycles. The van der Waals surface area contributed by atoms with Gasteiger partial charge in [-0.3, -0.25) is 9.98 Å². The molecule has 0 bridgehead atoms. The molecule has 0 aromatic heterocycles.